The van der Waals surface area contributed by atoms with Gasteiger partial charge in [0, 0.05) is 36.6 Å². The molecule has 1 aromatic heterocycles. The highest BCUT2D eigenvalue weighted by Gasteiger charge is 2.26. The predicted octanol–water partition coefficient (Wildman–Crippen LogP) is 3.34. The second-order valence-electron chi connectivity index (χ2n) is 7.53. The number of carbonyl (C=O) groups excluding carboxylic acids is 1. The Bertz CT molecular complexity index is 1210. The highest BCUT2D eigenvalue weighted by molar-refractivity contribution is 7.92. The molecule has 182 valence electrons. The molecule has 0 fully saturated rings. The number of nitrogens with zero attached hydrogens (tertiary/aromatic N) is 3. The molecule has 0 unspecified atom stereocenters. The number of amides is 1. The lowest BCUT2D eigenvalue weighted by Gasteiger charge is -2.26. The van der Waals surface area contributed by atoms with E-state index in [1.54, 1.807) is 36.8 Å². The van der Waals surface area contributed by atoms with E-state index < -0.39 is 15.9 Å². The molecule has 3 rings (SSSR count). The van der Waals surface area contributed by atoms with E-state index in [0.29, 0.717) is 41.6 Å². The molecule has 0 aliphatic carbocycles. The first kappa shape index (κ1) is 25.4. The van der Waals surface area contributed by atoms with Gasteiger partial charge in [0.25, 0.3) is 5.91 Å². The number of imidazole rings is 1. The van der Waals surface area contributed by atoms with E-state index in [-0.39, 0.29) is 17.8 Å². The molecule has 3 aromatic rings. The molecule has 0 aliphatic heterocycles. The predicted molar refractivity (Wildman–Crippen MR) is 131 cm³/mol. The fourth-order valence-electron chi connectivity index (χ4n) is 3.37. The summed E-state index contributed by atoms with van der Waals surface area (Å²) < 4.78 is 39.4. The van der Waals surface area contributed by atoms with Gasteiger partial charge in [-0.25, -0.2) is 13.4 Å². The van der Waals surface area contributed by atoms with Crippen LogP contribution in [0.15, 0.2) is 55.1 Å². The maximum absolute atomic E-state index is 13.2. The Hall–Kier alpha value is -3.24. The Morgan fingerprint density at radius 1 is 1.15 bits per heavy atom. The fraction of sp³-hybridized carbons (Fsp3) is 0.304. The van der Waals surface area contributed by atoms with Crippen LogP contribution < -0.4 is 19.1 Å². The summed E-state index contributed by atoms with van der Waals surface area (Å²) in [5.74, 6) is 0.194. The molecule has 1 amide bonds. The Kier molecular flexibility index (Phi) is 8.41. The van der Waals surface area contributed by atoms with Gasteiger partial charge in [0.15, 0.2) is 11.5 Å². The third-order valence-corrected chi connectivity index (χ3v) is 6.47. The summed E-state index contributed by atoms with van der Waals surface area (Å²) in [6.45, 7) is 1.08. The van der Waals surface area contributed by atoms with E-state index in [1.165, 1.54) is 30.7 Å². The number of aromatic nitrogens is 2. The van der Waals surface area contributed by atoms with Crippen molar-refractivity contribution in [1.29, 1.82) is 0 Å². The largest absolute Gasteiger partial charge is 0.493 e. The first-order valence-corrected chi connectivity index (χ1v) is 12.7. The Labute approximate surface area is 204 Å². The van der Waals surface area contributed by atoms with E-state index in [0.717, 1.165) is 6.26 Å². The molecule has 0 saturated carbocycles. The highest BCUT2D eigenvalue weighted by atomic mass is 35.5. The second kappa shape index (κ2) is 11.3. The monoisotopic (exact) mass is 506 g/mol. The maximum atomic E-state index is 13.2. The van der Waals surface area contributed by atoms with Gasteiger partial charge in [-0.1, -0.05) is 23.7 Å². The number of carbonyl (C=O) groups is 1. The molecule has 0 aliphatic rings. The molecule has 0 saturated heterocycles. The number of halogens is 1. The lowest BCUT2D eigenvalue weighted by Crippen LogP contribution is -2.33. The van der Waals surface area contributed by atoms with E-state index in [2.05, 4.69) is 10.3 Å². The molecule has 1 heterocycles. The zero-order valence-corrected chi connectivity index (χ0v) is 20.8. The van der Waals surface area contributed by atoms with Gasteiger partial charge < -0.3 is 19.4 Å². The molecular formula is C23H27ClN4O5S. The van der Waals surface area contributed by atoms with Gasteiger partial charge in [0.1, 0.15) is 0 Å². The summed E-state index contributed by atoms with van der Waals surface area (Å²) in [5.41, 5.74) is 1.04. The molecule has 11 heteroatoms. The summed E-state index contributed by atoms with van der Waals surface area (Å²) >= 11 is 5.97. The average Bonchev–Trinajstić information content (AvgIpc) is 3.33. The van der Waals surface area contributed by atoms with Crippen molar-refractivity contribution in [2.45, 2.75) is 19.5 Å². The van der Waals surface area contributed by atoms with Crippen LogP contribution in [0.25, 0.3) is 0 Å². The lowest BCUT2D eigenvalue weighted by atomic mass is 10.1. The Balaban J connectivity index is 1.93. The van der Waals surface area contributed by atoms with Crippen molar-refractivity contribution in [3.63, 3.8) is 0 Å². The van der Waals surface area contributed by atoms with Crippen LogP contribution in [0.4, 0.5) is 5.69 Å². The highest BCUT2D eigenvalue weighted by Crippen LogP contribution is 2.37. The second-order valence-corrected chi connectivity index (χ2v) is 9.87. The molecule has 0 radical (unpaired) electrons. The number of sulfonamides is 1. The molecule has 0 atom stereocenters. The van der Waals surface area contributed by atoms with Crippen molar-refractivity contribution in [2.24, 2.45) is 0 Å². The number of hydrogen-bond acceptors (Lipinski definition) is 6. The first-order chi connectivity index (χ1) is 16.2. The SMILES string of the molecule is COc1cc(C(=O)NCCCn2ccnc2)c(N(Cc2ccc(Cl)cc2)S(C)(=O)=O)cc1OC. The summed E-state index contributed by atoms with van der Waals surface area (Å²) in [6, 6.07) is 9.81. The number of nitrogens with one attached hydrogen (secondary N) is 1. The third kappa shape index (κ3) is 6.42. The van der Waals surface area contributed by atoms with E-state index in [1.807, 2.05) is 10.8 Å². The normalized spacial score (nSPS) is 11.2. The van der Waals surface area contributed by atoms with Crippen molar-refractivity contribution >= 4 is 33.2 Å². The lowest BCUT2D eigenvalue weighted by molar-refractivity contribution is 0.0953. The van der Waals surface area contributed by atoms with Crippen LogP contribution in [0, 0.1) is 0 Å². The molecule has 1 N–H and O–H groups in total. The van der Waals surface area contributed by atoms with Gasteiger partial charge in [-0.2, -0.15) is 0 Å². The van der Waals surface area contributed by atoms with Gasteiger partial charge in [0.2, 0.25) is 10.0 Å². The zero-order chi connectivity index (χ0) is 24.7. The van der Waals surface area contributed by atoms with Crippen LogP contribution in [0.2, 0.25) is 5.02 Å². The van der Waals surface area contributed by atoms with Crippen LogP contribution in [-0.2, 0) is 23.1 Å². The van der Waals surface area contributed by atoms with Crippen molar-refractivity contribution in [3.05, 3.63) is 71.3 Å². The van der Waals surface area contributed by atoms with E-state index >= 15 is 0 Å². The van der Waals surface area contributed by atoms with Gasteiger partial charge in [-0.15, -0.1) is 0 Å². The van der Waals surface area contributed by atoms with Crippen LogP contribution in [0.3, 0.4) is 0 Å². The molecule has 0 bridgehead atoms. The van der Waals surface area contributed by atoms with Crippen LogP contribution in [0.5, 0.6) is 11.5 Å². The maximum Gasteiger partial charge on any atom is 0.253 e. The van der Waals surface area contributed by atoms with Crippen molar-refractivity contribution < 1.29 is 22.7 Å². The van der Waals surface area contributed by atoms with Gasteiger partial charge in [-0.3, -0.25) is 9.10 Å². The molecule has 2 aromatic carbocycles. The van der Waals surface area contributed by atoms with Gasteiger partial charge in [-0.05, 0) is 30.2 Å². The number of anilines is 1. The number of aryl methyl sites for hydroxylation is 1. The zero-order valence-electron chi connectivity index (χ0n) is 19.2. The third-order valence-electron chi connectivity index (χ3n) is 5.09. The first-order valence-electron chi connectivity index (χ1n) is 10.4. The molecular weight excluding hydrogens is 480 g/mol. The number of benzene rings is 2. The smallest absolute Gasteiger partial charge is 0.253 e. The summed E-state index contributed by atoms with van der Waals surface area (Å²) in [6.07, 6.45) is 7.00. The number of ether oxygens (including phenoxy) is 2. The molecule has 0 spiro atoms. The van der Waals surface area contributed by atoms with Gasteiger partial charge >= 0.3 is 0 Å². The van der Waals surface area contributed by atoms with Crippen LogP contribution in [-0.4, -0.2) is 50.9 Å². The van der Waals surface area contributed by atoms with Crippen LogP contribution in [0.1, 0.15) is 22.3 Å². The average molecular weight is 507 g/mol. The number of hydrogen-bond donors (Lipinski definition) is 1. The quantitative estimate of drug-likeness (QED) is 0.400. The minimum absolute atomic E-state index is 0.00634. The van der Waals surface area contributed by atoms with Crippen molar-refractivity contribution in [1.82, 2.24) is 14.9 Å². The van der Waals surface area contributed by atoms with Gasteiger partial charge in [0.05, 0.1) is 44.6 Å². The van der Waals surface area contributed by atoms with Crippen molar-refractivity contribution in [2.75, 3.05) is 31.3 Å². The minimum Gasteiger partial charge on any atom is -0.493 e. The summed E-state index contributed by atoms with van der Waals surface area (Å²) in [5, 5.41) is 3.40. The van der Waals surface area contributed by atoms with E-state index in [4.69, 9.17) is 21.1 Å². The Morgan fingerprint density at radius 2 is 1.82 bits per heavy atom. The number of methoxy groups -OCH3 is 2. The Morgan fingerprint density at radius 3 is 2.41 bits per heavy atom. The fourth-order valence-corrected chi connectivity index (χ4v) is 4.39. The van der Waals surface area contributed by atoms with E-state index in [9.17, 15) is 13.2 Å². The minimum atomic E-state index is -3.77. The number of rotatable bonds is 11. The molecule has 34 heavy (non-hydrogen) atoms. The van der Waals surface area contributed by atoms with Crippen LogP contribution >= 0.6 is 11.6 Å². The summed E-state index contributed by atoms with van der Waals surface area (Å²) in [4.78, 5) is 17.1. The van der Waals surface area contributed by atoms with Crippen molar-refractivity contribution in [3.8, 4) is 11.5 Å². The standard InChI is InChI=1S/C23H27ClN4O5S/c1-32-21-13-19(23(29)26-9-4-11-27-12-10-25-16-27)20(14-22(21)33-2)28(34(3,30)31)15-17-5-7-18(24)8-6-17/h5-8,10,12-14,16H,4,9,11,15H2,1-3H3,(H,26,29). The molecule has 9 nitrogen and oxygen atoms in total. The summed E-state index contributed by atoms with van der Waals surface area (Å²) in [7, 11) is -0.871. The topological polar surface area (TPSA) is 103 Å².